The normalized spacial score (nSPS) is 19.2. The lowest BCUT2D eigenvalue weighted by atomic mass is 9.98. The molecule has 0 unspecified atom stereocenters. The largest absolute Gasteiger partial charge is 0.497 e. The van der Waals surface area contributed by atoms with Crippen molar-refractivity contribution in [3.8, 4) is 5.75 Å². The molecule has 0 spiro atoms. The van der Waals surface area contributed by atoms with Gasteiger partial charge in [-0.3, -0.25) is 9.59 Å². The number of rotatable bonds is 6. The van der Waals surface area contributed by atoms with Gasteiger partial charge in [0.05, 0.1) is 18.9 Å². The van der Waals surface area contributed by atoms with Crippen molar-refractivity contribution in [2.75, 3.05) is 12.4 Å². The van der Waals surface area contributed by atoms with Gasteiger partial charge in [0, 0.05) is 18.5 Å². The number of carbonyl (C=O) groups excluding carboxylic acids is 2. The maximum atomic E-state index is 12.8. The summed E-state index contributed by atoms with van der Waals surface area (Å²) in [5.74, 6) is 0.252. The topological polar surface area (TPSA) is 83.4 Å². The molecule has 5 rings (SSSR count). The summed E-state index contributed by atoms with van der Waals surface area (Å²) < 4.78 is 5.28. The number of aliphatic imine (C=N–C) groups is 1. The average molecular weight is 499 g/mol. The van der Waals surface area contributed by atoms with Gasteiger partial charge in [-0.05, 0) is 60.0 Å². The second-order valence-corrected chi connectivity index (χ2v) is 9.88. The van der Waals surface area contributed by atoms with Crippen LogP contribution in [0.5, 0.6) is 5.75 Å². The molecule has 7 nitrogen and oxygen atoms in total. The summed E-state index contributed by atoms with van der Waals surface area (Å²) in [4.78, 5) is 29.7. The summed E-state index contributed by atoms with van der Waals surface area (Å²) in [5.41, 5.74) is 4.75. The first-order valence-corrected chi connectivity index (χ1v) is 12.6. The van der Waals surface area contributed by atoms with Gasteiger partial charge in [-0.25, -0.2) is 5.01 Å². The maximum Gasteiger partial charge on any atom is 0.262 e. The van der Waals surface area contributed by atoms with Gasteiger partial charge in [0.2, 0.25) is 5.91 Å². The summed E-state index contributed by atoms with van der Waals surface area (Å²) >= 11 is 1.30. The lowest BCUT2D eigenvalue weighted by Crippen LogP contribution is -2.25. The van der Waals surface area contributed by atoms with Gasteiger partial charge < -0.3 is 10.1 Å². The highest BCUT2D eigenvalue weighted by Crippen LogP contribution is 2.38. The predicted octanol–water partition coefficient (Wildman–Crippen LogP) is 5.18. The number of hydrogen-bond donors (Lipinski definition) is 1. The fourth-order valence-electron chi connectivity index (χ4n) is 4.29. The summed E-state index contributed by atoms with van der Waals surface area (Å²) in [6.45, 7) is 1.96. The Hall–Kier alpha value is -3.91. The smallest absolute Gasteiger partial charge is 0.262 e. The third-order valence-electron chi connectivity index (χ3n) is 6.12. The van der Waals surface area contributed by atoms with Gasteiger partial charge in [-0.15, -0.1) is 0 Å². The Balaban J connectivity index is 1.34. The molecule has 182 valence electrons. The van der Waals surface area contributed by atoms with Crippen molar-refractivity contribution in [3.05, 3.63) is 95.6 Å². The monoisotopic (exact) mass is 498 g/mol. The SMILES string of the molecule is COc1ccc(C2=NN(C3=NC(=O)[C@@H](CC(=O)Nc4cccc(C)c4)S3)[C@@H](c3ccccc3)C2)cc1. The van der Waals surface area contributed by atoms with Crippen LogP contribution in [-0.4, -0.2) is 40.1 Å². The number of aryl methyl sites for hydroxylation is 1. The van der Waals surface area contributed by atoms with Gasteiger partial charge in [0.15, 0.2) is 5.17 Å². The van der Waals surface area contributed by atoms with Gasteiger partial charge in [-0.2, -0.15) is 10.1 Å². The lowest BCUT2D eigenvalue weighted by molar-refractivity contribution is -0.121. The zero-order chi connectivity index (χ0) is 25.1. The number of nitrogens with zero attached hydrogens (tertiary/aromatic N) is 3. The second-order valence-electron chi connectivity index (χ2n) is 8.71. The zero-order valence-corrected chi connectivity index (χ0v) is 20.9. The number of methoxy groups -OCH3 is 1. The van der Waals surface area contributed by atoms with E-state index in [1.54, 1.807) is 7.11 Å². The Bertz CT molecular complexity index is 1340. The number of hydrazone groups is 1. The van der Waals surface area contributed by atoms with Crippen LogP contribution >= 0.6 is 11.8 Å². The van der Waals surface area contributed by atoms with Crippen LogP contribution < -0.4 is 10.1 Å². The number of benzene rings is 3. The lowest BCUT2D eigenvalue weighted by Gasteiger charge is -2.23. The third kappa shape index (κ3) is 5.18. The molecular weight excluding hydrogens is 472 g/mol. The number of thioether (sulfide) groups is 1. The van der Waals surface area contributed by atoms with Gasteiger partial charge in [-0.1, -0.05) is 54.2 Å². The quantitative estimate of drug-likeness (QED) is 0.506. The molecule has 0 aliphatic carbocycles. The number of hydrogen-bond acceptors (Lipinski definition) is 6. The van der Waals surface area contributed by atoms with Gasteiger partial charge in [0.1, 0.15) is 11.0 Å². The Morgan fingerprint density at radius 1 is 1.08 bits per heavy atom. The molecule has 0 radical (unpaired) electrons. The molecule has 2 atom stereocenters. The van der Waals surface area contributed by atoms with E-state index in [1.165, 1.54) is 11.8 Å². The van der Waals surface area contributed by atoms with E-state index in [0.717, 1.165) is 28.2 Å². The van der Waals surface area contributed by atoms with Crippen molar-refractivity contribution in [1.29, 1.82) is 0 Å². The molecule has 1 N–H and O–H groups in total. The third-order valence-corrected chi connectivity index (χ3v) is 7.26. The van der Waals surface area contributed by atoms with Crippen LogP contribution in [0.1, 0.15) is 35.6 Å². The molecule has 2 heterocycles. The van der Waals surface area contributed by atoms with Crippen molar-refractivity contribution in [2.24, 2.45) is 10.1 Å². The minimum Gasteiger partial charge on any atom is -0.497 e. The van der Waals surface area contributed by atoms with E-state index in [0.29, 0.717) is 17.3 Å². The van der Waals surface area contributed by atoms with Crippen LogP contribution in [-0.2, 0) is 9.59 Å². The van der Waals surface area contributed by atoms with Crippen LogP contribution in [0.4, 0.5) is 5.69 Å². The van der Waals surface area contributed by atoms with Crippen molar-refractivity contribution >= 4 is 40.1 Å². The predicted molar refractivity (Wildman–Crippen MR) is 143 cm³/mol. The molecule has 36 heavy (non-hydrogen) atoms. The number of anilines is 1. The van der Waals surface area contributed by atoms with E-state index in [1.807, 2.05) is 78.7 Å². The van der Waals surface area contributed by atoms with Crippen LogP contribution in [0.3, 0.4) is 0 Å². The Kier molecular flexibility index (Phi) is 6.86. The van der Waals surface area contributed by atoms with Crippen LogP contribution in [0, 0.1) is 6.92 Å². The van der Waals surface area contributed by atoms with Gasteiger partial charge in [0.25, 0.3) is 5.91 Å². The molecule has 3 aromatic rings. The van der Waals surface area contributed by atoms with Crippen LogP contribution in [0.25, 0.3) is 0 Å². The molecule has 2 aliphatic heterocycles. The van der Waals surface area contributed by atoms with Crippen LogP contribution in [0.15, 0.2) is 89.0 Å². The van der Waals surface area contributed by atoms with Gasteiger partial charge >= 0.3 is 0 Å². The number of amides is 2. The molecule has 3 aromatic carbocycles. The number of amidine groups is 1. The minimum absolute atomic E-state index is 0.0450. The Morgan fingerprint density at radius 2 is 1.86 bits per heavy atom. The Labute approximate surface area is 214 Å². The molecule has 0 fully saturated rings. The number of carbonyl (C=O) groups is 2. The Morgan fingerprint density at radius 3 is 2.58 bits per heavy atom. The first-order valence-electron chi connectivity index (χ1n) is 11.7. The minimum atomic E-state index is -0.582. The highest BCUT2D eigenvalue weighted by Gasteiger charge is 2.39. The molecule has 2 amide bonds. The second kappa shape index (κ2) is 10.4. The molecule has 0 saturated heterocycles. The van der Waals surface area contributed by atoms with Crippen LogP contribution in [0.2, 0.25) is 0 Å². The average Bonchev–Trinajstić information content (AvgIpc) is 3.48. The number of ether oxygens (including phenoxy) is 1. The first-order chi connectivity index (χ1) is 17.5. The fraction of sp³-hybridized carbons (Fsp3) is 0.214. The first kappa shape index (κ1) is 23.8. The molecule has 0 aromatic heterocycles. The number of nitrogens with one attached hydrogen (secondary N) is 1. The van der Waals surface area contributed by atoms with Crippen molar-refractivity contribution in [2.45, 2.75) is 31.1 Å². The van der Waals surface area contributed by atoms with E-state index < -0.39 is 5.25 Å². The highest BCUT2D eigenvalue weighted by molar-refractivity contribution is 8.15. The zero-order valence-electron chi connectivity index (χ0n) is 20.0. The van der Waals surface area contributed by atoms with Crippen molar-refractivity contribution in [1.82, 2.24) is 5.01 Å². The summed E-state index contributed by atoms with van der Waals surface area (Å²) in [6.07, 6.45) is 0.714. The van der Waals surface area contributed by atoms with Crippen molar-refractivity contribution in [3.63, 3.8) is 0 Å². The molecule has 8 heteroatoms. The van der Waals surface area contributed by atoms with Crippen molar-refractivity contribution < 1.29 is 14.3 Å². The van der Waals surface area contributed by atoms with E-state index in [2.05, 4.69) is 22.4 Å². The molecule has 0 saturated carbocycles. The summed E-state index contributed by atoms with van der Waals surface area (Å²) in [7, 11) is 1.64. The molecule has 2 aliphatic rings. The van der Waals surface area contributed by atoms with E-state index in [4.69, 9.17) is 9.84 Å². The fourth-order valence-corrected chi connectivity index (χ4v) is 5.35. The molecular formula is C28H26N4O3S. The summed E-state index contributed by atoms with van der Waals surface area (Å²) in [5, 5.41) is 9.53. The maximum absolute atomic E-state index is 12.8. The van der Waals surface area contributed by atoms with E-state index >= 15 is 0 Å². The van der Waals surface area contributed by atoms with E-state index in [9.17, 15) is 9.59 Å². The van der Waals surface area contributed by atoms with E-state index in [-0.39, 0.29) is 24.3 Å². The molecule has 0 bridgehead atoms. The standard InChI is InChI=1S/C28H26N4O3S/c1-18-7-6-10-21(15-18)29-26(33)17-25-27(34)30-28(36-25)32-24(20-8-4-3-5-9-20)16-23(31-32)19-11-13-22(35-2)14-12-19/h3-15,24-25H,16-17H2,1-2H3,(H,29,33)/t24-,25-/m1/s1. The summed E-state index contributed by atoms with van der Waals surface area (Å²) in [6, 6.07) is 25.3. The highest BCUT2D eigenvalue weighted by atomic mass is 32.2.